The number of hydrogen-bond acceptors (Lipinski definition) is 8. The van der Waals surface area contributed by atoms with Gasteiger partial charge in [0.05, 0.1) is 23.4 Å². The molecule has 0 fully saturated rings. The SMILES string of the molecule is COC(=O)c1c(NC(=O)CSc2nnc(COc3cc(Cl)ccc3Cl)n2C)sc(C)c1C. The molecule has 0 aliphatic rings. The summed E-state index contributed by atoms with van der Waals surface area (Å²) in [6.07, 6.45) is 0. The van der Waals surface area contributed by atoms with Crippen molar-refractivity contribution in [3.8, 4) is 5.75 Å². The number of rotatable bonds is 8. The third-order valence-electron chi connectivity index (χ3n) is 4.54. The lowest BCUT2D eigenvalue weighted by molar-refractivity contribution is -0.113. The summed E-state index contributed by atoms with van der Waals surface area (Å²) in [5.41, 5.74) is 1.17. The molecule has 1 amide bonds. The van der Waals surface area contributed by atoms with Crippen LogP contribution in [-0.2, 0) is 23.2 Å². The van der Waals surface area contributed by atoms with E-state index in [9.17, 15) is 9.59 Å². The first-order chi connectivity index (χ1) is 15.2. The molecule has 1 N–H and O–H groups in total. The highest BCUT2D eigenvalue weighted by atomic mass is 35.5. The van der Waals surface area contributed by atoms with Crippen LogP contribution in [0, 0.1) is 13.8 Å². The minimum Gasteiger partial charge on any atom is -0.484 e. The second-order valence-electron chi connectivity index (χ2n) is 6.64. The zero-order valence-electron chi connectivity index (χ0n) is 17.7. The number of thiophene rings is 1. The van der Waals surface area contributed by atoms with Crippen LogP contribution in [0.15, 0.2) is 23.4 Å². The molecule has 0 aliphatic carbocycles. The molecule has 0 unspecified atom stereocenters. The molecule has 3 aromatic rings. The average molecular weight is 515 g/mol. The topological polar surface area (TPSA) is 95.3 Å². The number of nitrogens with zero attached hydrogens (tertiary/aromatic N) is 3. The normalized spacial score (nSPS) is 10.8. The highest BCUT2D eigenvalue weighted by Gasteiger charge is 2.22. The Hall–Kier alpha value is -2.27. The van der Waals surface area contributed by atoms with Crippen molar-refractivity contribution in [3.05, 3.63) is 50.1 Å². The van der Waals surface area contributed by atoms with Gasteiger partial charge in [-0.3, -0.25) is 4.79 Å². The standard InChI is InChI=1S/C20H20Cl2N4O4S2/c1-10-11(2)32-18(17(10)19(28)29-4)23-16(27)9-31-20-25-24-15(26(20)3)8-30-14-7-12(21)5-6-13(14)22/h5-7H,8-9H2,1-4H3,(H,23,27). The number of methoxy groups -OCH3 is 1. The number of anilines is 1. The maximum Gasteiger partial charge on any atom is 0.341 e. The molecule has 0 spiro atoms. The van der Waals surface area contributed by atoms with E-state index in [1.54, 1.807) is 29.8 Å². The lowest BCUT2D eigenvalue weighted by atomic mass is 10.1. The first-order valence-electron chi connectivity index (χ1n) is 9.28. The Morgan fingerprint density at radius 3 is 2.72 bits per heavy atom. The lowest BCUT2D eigenvalue weighted by Gasteiger charge is -2.08. The van der Waals surface area contributed by atoms with Gasteiger partial charge in [0.1, 0.15) is 17.4 Å². The summed E-state index contributed by atoms with van der Waals surface area (Å²) >= 11 is 14.6. The van der Waals surface area contributed by atoms with Crippen LogP contribution < -0.4 is 10.1 Å². The van der Waals surface area contributed by atoms with Gasteiger partial charge in [-0.1, -0.05) is 35.0 Å². The maximum atomic E-state index is 12.5. The summed E-state index contributed by atoms with van der Waals surface area (Å²) < 4.78 is 12.3. The van der Waals surface area contributed by atoms with Crippen molar-refractivity contribution in [3.63, 3.8) is 0 Å². The number of hydrogen-bond donors (Lipinski definition) is 1. The van der Waals surface area contributed by atoms with E-state index >= 15 is 0 Å². The fourth-order valence-corrected chi connectivity index (χ4v) is 4.81. The number of benzene rings is 1. The number of ether oxygens (including phenoxy) is 2. The molecule has 0 bridgehead atoms. The Kier molecular flexibility index (Phi) is 8.05. The van der Waals surface area contributed by atoms with E-state index in [0.29, 0.717) is 37.3 Å². The Bertz CT molecular complexity index is 1160. The van der Waals surface area contributed by atoms with Crippen molar-refractivity contribution >= 4 is 63.2 Å². The number of aromatic nitrogens is 3. The van der Waals surface area contributed by atoms with Crippen molar-refractivity contribution in [2.45, 2.75) is 25.6 Å². The minimum atomic E-state index is -0.479. The number of halogens is 2. The van der Waals surface area contributed by atoms with Crippen molar-refractivity contribution in [2.75, 3.05) is 18.2 Å². The third-order valence-corrected chi connectivity index (χ3v) is 7.23. The molecule has 0 saturated heterocycles. The number of amides is 1. The maximum absolute atomic E-state index is 12.5. The number of carbonyl (C=O) groups is 2. The average Bonchev–Trinajstić information content (AvgIpc) is 3.25. The van der Waals surface area contributed by atoms with Crippen molar-refractivity contribution < 1.29 is 19.1 Å². The van der Waals surface area contributed by atoms with Crippen LogP contribution in [0.25, 0.3) is 0 Å². The monoisotopic (exact) mass is 514 g/mol. The van der Waals surface area contributed by atoms with E-state index in [-0.39, 0.29) is 18.3 Å². The highest BCUT2D eigenvalue weighted by molar-refractivity contribution is 7.99. The zero-order valence-corrected chi connectivity index (χ0v) is 20.8. The number of carbonyl (C=O) groups excluding carboxylic acids is 2. The van der Waals surface area contributed by atoms with Crippen LogP contribution in [0.2, 0.25) is 10.0 Å². The van der Waals surface area contributed by atoms with E-state index in [4.69, 9.17) is 32.7 Å². The summed E-state index contributed by atoms with van der Waals surface area (Å²) in [5.74, 6) is 0.337. The summed E-state index contributed by atoms with van der Waals surface area (Å²) in [6.45, 7) is 3.84. The van der Waals surface area contributed by atoms with Gasteiger partial charge in [-0.2, -0.15) is 0 Å². The Morgan fingerprint density at radius 1 is 1.25 bits per heavy atom. The first kappa shape index (κ1) is 24.4. The molecule has 8 nitrogen and oxygen atoms in total. The van der Waals surface area contributed by atoms with E-state index in [1.165, 1.54) is 30.2 Å². The number of thioether (sulfide) groups is 1. The van der Waals surface area contributed by atoms with Crippen LogP contribution in [0.1, 0.15) is 26.6 Å². The molecule has 0 radical (unpaired) electrons. The van der Waals surface area contributed by atoms with Gasteiger partial charge in [0.25, 0.3) is 0 Å². The molecular weight excluding hydrogens is 495 g/mol. The Labute approximate surface area is 203 Å². The van der Waals surface area contributed by atoms with Gasteiger partial charge in [0.2, 0.25) is 5.91 Å². The smallest absolute Gasteiger partial charge is 0.341 e. The van der Waals surface area contributed by atoms with Crippen LogP contribution in [0.3, 0.4) is 0 Å². The zero-order chi connectivity index (χ0) is 23.4. The summed E-state index contributed by atoms with van der Waals surface area (Å²) in [6, 6.07) is 4.95. The van der Waals surface area contributed by atoms with Crippen LogP contribution in [-0.4, -0.2) is 39.5 Å². The molecule has 32 heavy (non-hydrogen) atoms. The molecule has 0 aliphatic heterocycles. The second kappa shape index (κ2) is 10.6. The van der Waals surface area contributed by atoms with Gasteiger partial charge in [-0.05, 0) is 31.5 Å². The molecule has 3 rings (SSSR count). The van der Waals surface area contributed by atoms with Crippen LogP contribution >= 0.6 is 46.3 Å². The number of aryl methyl sites for hydroxylation is 1. The summed E-state index contributed by atoms with van der Waals surface area (Å²) in [7, 11) is 3.09. The van der Waals surface area contributed by atoms with E-state index in [2.05, 4.69) is 15.5 Å². The fraction of sp³-hybridized carbons (Fsp3) is 0.300. The molecule has 12 heteroatoms. The van der Waals surface area contributed by atoms with E-state index in [1.807, 2.05) is 13.8 Å². The Morgan fingerprint density at radius 2 is 2.00 bits per heavy atom. The molecule has 2 aromatic heterocycles. The van der Waals surface area contributed by atoms with Crippen LogP contribution in [0.4, 0.5) is 5.00 Å². The van der Waals surface area contributed by atoms with Gasteiger partial charge in [-0.25, -0.2) is 4.79 Å². The summed E-state index contributed by atoms with van der Waals surface area (Å²) in [5, 5.41) is 13.0. The Balaban J connectivity index is 1.60. The third kappa shape index (κ3) is 5.55. The van der Waals surface area contributed by atoms with E-state index < -0.39 is 5.97 Å². The molecule has 1 aromatic carbocycles. The van der Waals surface area contributed by atoms with Gasteiger partial charge < -0.3 is 19.4 Å². The summed E-state index contributed by atoms with van der Waals surface area (Å²) in [4.78, 5) is 25.5. The largest absolute Gasteiger partial charge is 0.484 e. The van der Waals surface area contributed by atoms with Crippen molar-refractivity contribution in [2.24, 2.45) is 7.05 Å². The minimum absolute atomic E-state index is 0.0869. The highest BCUT2D eigenvalue weighted by Crippen LogP contribution is 2.33. The second-order valence-corrected chi connectivity index (χ2v) is 9.65. The quantitative estimate of drug-likeness (QED) is 0.337. The van der Waals surface area contributed by atoms with E-state index in [0.717, 1.165) is 10.4 Å². The van der Waals surface area contributed by atoms with Gasteiger partial charge in [-0.15, -0.1) is 21.5 Å². The lowest BCUT2D eigenvalue weighted by Crippen LogP contribution is -2.16. The molecule has 0 saturated carbocycles. The van der Waals surface area contributed by atoms with Crippen molar-refractivity contribution in [1.82, 2.24) is 14.8 Å². The van der Waals surface area contributed by atoms with Gasteiger partial charge >= 0.3 is 5.97 Å². The predicted octanol–water partition coefficient (Wildman–Crippen LogP) is 4.90. The molecule has 2 heterocycles. The first-order valence-corrected chi connectivity index (χ1v) is 11.8. The molecular formula is C20H20Cl2N4O4S2. The predicted molar refractivity (Wildman–Crippen MR) is 126 cm³/mol. The van der Waals surface area contributed by atoms with Crippen LogP contribution in [0.5, 0.6) is 5.75 Å². The molecule has 170 valence electrons. The van der Waals surface area contributed by atoms with Gasteiger partial charge in [0.15, 0.2) is 11.0 Å². The van der Waals surface area contributed by atoms with Gasteiger partial charge in [0, 0.05) is 23.0 Å². The van der Waals surface area contributed by atoms with Crippen molar-refractivity contribution in [1.29, 1.82) is 0 Å². The molecule has 0 atom stereocenters. The fourth-order valence-electron chi connectivity index (χ4n) is 2.68. The number of esters is 1. The number of nitrogens with one attached hydrogen (secondary N) is 1.